The van der Waals surface area contributed by atoms with Gasteiger partial charge in [-0.3, -0.25) is 9.59 Å². The minimum atomic E-state index is -0.191. The van der Waals surface area contributed by atoms with Gasteiger partial charge in [0.05, 0.1) is 13.1 Å². The third kappa shape index (κ3) is 1.27. The minimum Gasteiger partial charge on any atom is -0.266 e. The van der Waals surface area contributed by atoms with Crippen molar-refractivity contribution in [3.63, 3.8) is 0 Å². The van der Waals surface area contributed by atoms with Crippen LogP contribution in [0.3, 0.4) is 0 Å². The first-order valence-corrected chi connectivity index (χ1v) is 5.00. The van der Waals surface area contributed by atoms with Crippen molar-refractivity contribution in [2.24, 2.45) is 0 Å². The summed E-state index contributed by atoms with van der Waals surface area (Å²) in [6.07, 6.45) is 0. The smallest absolute Gasteiger partial charge is 0.266 e. The maximum absolute atomic E-state index is 11.7. The molecule has 16 heavy (non-hydrogen) atoms. The summed E-state index contributed by atoms with van der Waals surface area (Å²) in [5.41, 5.74) is 0.888. The lowest BCUT2D eigenvalue weighted by molar-refractivity contribution is -0.408. The number of carbonyl (C=O) groups excluding carboxylic acids is 2. The van der Waals surface area contributed by atoms with Crippen LogP contribution in [0.2, 0.25) is 0 Å². The van der Waals surface area contributed by atoms with Crippen LogP contribution in [0.15, 0.2) is 24.3 Å². The number of nitrogens with zero attached hydrogens (tertiary/aromatic N) is 4. The molecule has 2 bridgehead atoms. The highest BCUT2D eigenvalue weighted by molar-refractivity contribution is 5.95. The van der Waals surface area contributed by atoms with Crippen molar-refractivity contribution in [2.45, 2.75) is 13.8 Å². The van der Waals surface area contributed by atoms with Crippen LogP contribution in [0.5, 0.6) is 0 Å². The molecule has 3 aliphatic heterocycles. The lowest BCUT2D eigenvalue weighted by atomic mass is 10.3. The quantitative estimate of drug-likeness (QED) is 0.621. The molecule has 2 amide bonds. The Kier molecular flexibility index (Phi) is 2.32. The molecule has 0 unspecified atom stereocenters. The number of hydrazine groups is 4. The zero-order valence-electron chi connectivity index (χ0n) is 9.43. The monoisotopic (exact) mass is 222 g/mol. The van der Waals surface area contributed by atoms with Crippen molar-refractivity contribution in [1.82, 2.24) is 20.5 Å². The lowest BCUT2D eigenvalue weighted by Gasteiger charge is -2.51. The van der Waals surface area contributed by atoms with E-state index in [4.69, 9.17) is 0 Å². The van der Waals surface area contributed by atoms with Crippen LogP contribution < -0.4 is 0 Å². The predicted molar refractivity (Wildman–Crippen MR) is 56.7 cm³/mol. The van der Waals surface area contributed by atoms with Gasteiger partial charge in [0.25, 0.3) is 11.8 Å². The Morgan fingerprint density at radius 1 is 0.875 bits per heavy atom. The van der Waals surface area contributed by atoms with Gasteiger partial charge in [-0.1, -0.05) is 23.4 Å². The Labute approximate surface area is 93.9 Å². The van der Waals surface area contributed by atoms with Crippen LogP contribution in [-0.2, 0) is 9.59 Å². The molecule has 0 aromatic rings. The topological polar surface area (TPSA) is 47.1 Å². The summed E-state index contributed by atoms with van der Waals surface area (Å²) >= 11 is 0. The van der Waals surface area contributed by atoms with Crippen LogP contribution in [0.1, 0.15) is 13.8 Å². The molecule has 6 nitrogen and oxygen atoms in total. The first-order valence-electron chi connectivity index (χ1n) is 5.00. The Morgan fingerprint density at radius 3 is 1.44 bits per heavy atom. The van der Waals surface area contributed by atoms with E-state index in [0.717, 1.165) is 0 Å². The van der Waals surface area contributed by atoms with Gasteiger partial charge in [-0.15, -0.1) is 0 Å². The Balaban J connectivity index is 2.12. The summed E-state index contributed by atoms with van der Waals surface area (Å²) in [6.45, 7) is 11.7. The maximum atomic E-state index is 11.7. The number of carbonyl (C=O) groups is 2. The maximum Gasteiger partial charge on any atom is 0.281 e. The second kappa shape index (κ2) is 3.43. The number of rotatable bonds is 2. The van der Waals surface area contributed by atoms with E-state index in [0.29, 0.717) is 24.2 Å². The van der Waals surface area contributed by atoms with E-state index in [9.17, 15) is 9.59 Å². The van der Waals surface area contributed by atoms with E-state index in [1.54, 1.807) is 24.1 Å². The van der Waals surface area contributed by atoms with Gasteiger partial charge < -0.3 is 0 Å². The van der Waals surface area contributed by atoms with Gasteiger partial charge in [-0.05, 0) is 13.8 Å². The van der Waals surface area contributed by atoms with Crippen molar-refractivity contribution in [2.75, 3.05) is 13.1 Å². The van der Waals surface area contributed by atoms with Gasteiger partial charge in [-0.2, -0.15) is 10.2 Å². The first-order chi connectivity index (χ1) is 7.45. The molecule has 0 atom stereocenters. The largest absolute Gasteiger partial charge is 0.281 e. The molecule has 0 radical (unpaired) electrons. The third-order valence-corrected chi connectivity index (χ3v) is 2.47. The van der Waals surface area contributed by atoms with E-state index in [-0.39, 0.29) is 11.8 Å². The summed E-state index contributed by atoms with van der Waals surface area (Å²) in [5.74, 6) is -0.383. The molecular weight excluding hydrogens is 208 g/mol. The summed E-state index contributed by atoms with van der Waals surface area (Å²) in [5, 5.41) is 6.02. The van der Waals surface area contributed by atoms with Crippen LogP contribution >= 0.6 is 0 Å². The molecule has 6 heteroatoms. The number of hydrogen-bond donors (Lipinski definition) is 0. The number of hydrogen-bond acceptors (Lipinski definition) is 4. The molecule has 0 aliphatic carbocycles. The van der Waals surface area contributed by atoms with Crippen LogP contribution in [0.4, 0.5) is 0 Å². The zero-order valence-corrected chi connectivity index (χ0v) is 9.43. The first kappa shape index (κ1) is 10.8. The van der Waals surface area contributed by atoms with Gasteiger partial charge in [0.2, 0.25) is 0 Å². The molecule has 86 valence electrons. The molecule has 3 heterocycles. The molecule has 3 rings (SSSR count). The highest BCUT2D eigenvalue weighted by Crippen LogP contribution is 2.32. The average molecular weight is 222 g/mol. The molecule has 0 spiro atoms. The Hall–Kier alpha value is -1.66. The molecule has 0 aromatic heterocycles. The van der Waals surface area contributed by atoms with Crippen LogP contribution in [-0.4, -0.2) is 45.4 Å². The van der Waals surface area contributed by atoms with Crippen molar-refractivity contribution >= 4 is 11.8 Å². The van der Waals surface area contributed by atoms with Crippen molar-refractivity contribution in [3.8, 4) is 0 Å². The van der Waals surface area contributed by atoms with E-state index in [1.165, 1.54) is 10.2 Å². The van der Waals surface area contributed by atoms with Gasteiger partial charge in [0.1, 0.15) is 0 Å². The summed E-state index contributed by atoms with van der Waals surface area (Å²) in [4.78, 5) is 23.4. The minimum absolute atomic E-state index is 0.191. The molecule has 0 aromatic carbocycles. The van der Waals surface area contributed by atoms with Crippen molar-refractivity contribution in [3.05, 3.63) is 24.3 Å². The fourth-order valence-corrected chi connectivity index (χ4v) is 1.69. The summed E-state index contributed by atoms with van der Waals surface area (Å²) in [7, 11) is 0. The molecule has 3 saturated heterocycles. The standard InChI is InChI=1S/C10H14N4O2/c1-7(2)9(15)13-11-5-6-12(13)14(11)10(16)8(3)4/h1,3,5-6H2,2,4H3. The molecule has 0 saturated carbocycles. The van der Waals surface area contributed by atoms with E-state index in [2.05, 4.69) is 13.2 Å². The highest BCUT2D eigenvalue weighted by atomic mass is 16.4. The lowest BCUT2D eigenvalue weighted by Crippen LogP contribution is -2.73. The van der Waals surface area contributed by atoms with Gasteiger partial charge >= 0.3 is 0 Å². The fourth-order valence-electron chi connectivity index (χ4n) is 1.69. The van der Waals surface area contributed by atoms with E-state index < -0.39 is 0 Å². The van der Waals surface area contributed by atoms with E-state index in [1.807, 2.05) is 0 Å². The SMILES string of the molecule is C=C(C)C(=O)N1N2CCN1N2C(=O)C(=C)C. The molecular formula is C10H14N4O2. The fraction of sp³-hybridized carbons (Fsp3) is 0.400. The third-order valence-electron chi connectivity index (χ3n) is 2.47. The van der Waals surface area contributed by atoms with Gasteiger partial charge in [0.15, 0.2) is 0 Å². The van der Waals surface area contributed by atoms with Gasteiger partial charge in [-0.25, -0.2) is 0 Å². The van der Waals surface area contributed by atoms with Crippen LogP contribution in [0, 0.1) is 0 Å². The zero-order chi connectivity index (χ0) is 12.0. The average Bonchev–Trinajstić information content (AvgIpc) is 2.77. The Bertz CT molecular complexity index is 358. The highest BCUT2D eigenvalue weighted by Gasteiger charge is 2.54. The van der Waals surface area contributed by atoms with Crippen LogP contribution in [0.25, 0.3) is 0 Å². The van der Waals surface area contributed by atoms with Gasteiger partial charge in [0, 0.05) is 11.1 Å². The van der Waals surface area contributed by atoms with Crippen molar-refractivity contribution in [1.29, 1.82) is 0 Å². The second-order valence-electron chi connectivity index (χ2n) is 3.94. The summed E-state index contributed by atoms with van der Waals surface area (Å²) < 4.78 is 0. The molecule has 0 N–H and O–H groups in total. The molecule has 3 fully saturated rings. The molecule has 3 aliphatic rings. The summed E-state index contributed by atoms with van der Waals surface area (Å²) in [6, 6.07) is 0. The number of amides is 2. The predicted octanol–water partition coefficient (Wildman–Crippen LogP) is 0.0870. The van der Waals surface area contributed by atoms with Crippen molar-refractivity contribution < 1.29 is 9.59 Å². The normalized spacial score (nSPS) is 26.4. The second-order valence-corrected chi connectivity index (χ2v) is 3.94. The number of fused-ring (bicyclic) bond motifs is 1. The Morgan fingerprint density at radius 2 is 1.19 bits per heavy atom. The van der Waals surface area contributed by atoms with E-state index >= 15 is 0 Å².